The van der Waals surface area contributed by atoms with Crippen LogP contribution in [0.2, 0.25) is 0 Å². The number of benzene rings is 1. The molecule has 106 valence electrons. The molecule has 1 aromatic carbocycles. The van der Waals surface area contributed by atoms with E-state index >= 15 is 0 Å². The van der Waals surface area contributed by atoms with Crippen molar-refractivity contribution in [3.05, 3.63) is 29.8 Å². The van der Waals surface area contributed by atoms with E-state index in [1.807, 2.05) is 0 Å². The van der Waals surface area contributed by atoms with Gasteiger partial charge in [-0.1, -0.05) is 39.0 Å². The van der Waals surface area contributed by atoms with E-state index in [4.69, 9.17) is 5.73 Å². The Balaban J connectivity index is 1.97. The van der Waals surface area contributed by atoms with Crippen LogP contribution in [0, 0.1) is 11.3 Å². The second-order valence-corrected chi connectivity index (χ2v) is 6.86. The fraction of sp³-hybridized carbons (Fsp3) is 0.647. The number of fused-ring (bicyclic) bond motifs is 1. The van der Waals surface area contributed by atoms with E-state index in [1.54, 1.807) is 0 Å². The average Bonchev–Trinajstić information content (AvgIpc) is 2.38. The van der Waals surface area contributed by atoms with Crippen molar-refractivity contribution >= 4 is 5.69 Å². The van der Waals surface area contributed by atoms with Crippen LogP contribution in [-0.2, 0) is 6.42 Å². The smallest absolute Gasteiger partial charge is 0.0398 e. The summed E-state index contributed by atoms with van der Waals surface area (Å²) in [6.07, 6.45) is 3.66. The van der Waals surface area contributed by atoms with Crippen LogP contribution >= 0.6 is 0 Å². The quantitative estimate of drug-likeness (QED) is 0.878. The Bertz CT molecular complexity index is 411. The van der Waals surface area contributed by atoms with Crippen LogP contribution in [-0.4, -0.2) is 19.6 Å². The van der Waals surface area contributed by atoms with Crippen molar-refractivity contribution in [2.45, 2.75) is 40.0 Å². The Kier molecular flexibility index (Phi) is 4.51. The van der Waals surface area contributed by atoms with Crippen LogP contribution in [0.5, 0.6) is 0 Å². The molecule has 2 rings (SSSR count). The normalized spacial score (nSPS) is 19.4. The summed E-state index contributed by atoms with van der Waals surface area (Å²) < 4.78 is 0. The lowest BCUT2D eigenvalue weighted by Gasteiger charge is -2.35. The molecule has 2 heteroatoms. The Labute approximate surface area is 118 Å². The summed E-state index contributed by atoms with van der Waals surface area (Å²) in [7, 11) is 0. The Morgan fingerprint density at radius 3 is 2.79 bits per heavy atom. The van der Waals surface area contributed by atoms with Crippen molar-refractivity contribution in [3.63, 3.8) is 0 Å². The summed E-state index contributed by atoms with van der Waals surface area (Å²) in [6.45, 7) is 10.0. The molecule has 1 unspecified atom stereocenters. The zero-order valence-electron chi connectivity index (χ0n) is 12.7. The summed E-state index contributed by atoms with van der Waals surface area (Å²) in [4.78, 5) is 2.57. The Morgan fingerprint density at radius 1 is 1.32 bits per heavy atom. The van der Waals surface area contributed by atoms with E-state index in [1.165, 1.54) is 37.1 Å². The number of rotatable bonds is 5. The molecule has 0 spiro atoms. The molecule has 1 heterocycles. The van der Waals surface area contributed by atoms with Gasteiger partial charge in [-0.25, -0.2) is 0 Å². The van der Waals surface area contributed by atoms with Gasteiger partial charge in [-0.3, -0.25) is 0 Å². The van der Waals surface area contributed by atoms with Crippen LogP contribution < -0.4 is 10.6 Å². The predicted octanol–water partition coefficient (Wildman–Crippen LogP) is 3.45. The standard InChI is InChI=1S/C17H28N2/c1-14-11-15-7-4-5-8-16(15)19(12-14)10-6-9-17(2,3)13-18/h4-5,7-8,14H,6,9-13,18H2,1-3H3. The third-order valence-electron chi connectivity index (χ3n) is 4.27. The molecule has 0 aromatic heterocycles. The molecule has 0 bridgehead atoms. The molecule has 1 aliphatic heterocycles. The topological polar surface area (TPSA) is 29.3 Å². The summed E-state index contributed by atoms with van der Waals surface area (Å²) >= 11 is 0. The minimum Gasteiger partial charge on any atom is -0.371 e. The zero-order chi connectivity index (χ0) is 13.9. The van der Waals surface area contributed by atoms with Gasteiger partial charge in [0.15, 0.2) is 0 Å². The number of hydrogen-bond acceptors (Lipinski definition) is 2. The van der Waals surface area contributed by atoms with Crippen molar-refractivity contribution < 1.29 is 0 Å². The molecule has 0 saturated carbocycles. The highest BCUT2D eigenvalue weighted by Gasteiger charge is 2.22. The number of anilines is 1. The predicted molar refractivity (Wildman–Crippen MR) is 83.6 cm³/mol. The van der Waals surface area contributed by atoms with Crippen molar-refractivity contribution in [2.75, 3.05) is 24.5 Å². The summed E-state index contributed by atoms with van der Waals surface area (Å²) in [5.41, 5.74) is 9.05. The first-order chi connectivity index (χ1) is 9.02. The fourth-order valence-electron chi connectivity index (χ4n) is 2.97. The SMILES string of the molecule is CC1Cc2ccccc2N(CCCC(C)(C)CN)C1. The monoisotopic (exact) mass is 260 g/mol. The zero-order valence-corrected chi connectivity index (χ0v) is 12.7. The first-order valence-corrected chi connectivity index (χ1v) is 7.55. The van der Waals surface area contributed by atoms with Crippen molar-refractivity contribution in [1.29, 1.82) is 0 Å². The summed E-state index contributed by atoms with van der Waals surface area (Å²) in [5.74, 6) is 0.761. The minimum atomic E-state index is 0.279. The highest BCUT2D eigenvalue weighted by molar-refractivity contribution is 5.55. The lowest BCUT2D eigenvalue weighted by Crippen LogP contribution is -2.35. The largest absolute Gasteiger partial charge is 0.371 e. The summed E-state index contributed by atoms with van der Waals surface area (Å²) in [5, 5.41) is 0. The van der Waals surface area contributed by atoms with Gasteiger partial charge in [-0.15, -0.1) is 0 Å². The third kappa shape index (κ3) is 3.73. The Hall–Kier alpha value is -1.02. The van der Waals surface area contributed by atoms with Crippen LogP contribution in [0.15, 0.2) is 24.3 Å². The maximum absolute atomic E-state index is 5.81. The van der Waals surface area contributed by atoms with Crippen LogP contribution in [0.4, 0.5) is 5.69 Å². The van der Waals surface area contributed by atoms with Gasteiger partial charge in [0.25, 0.3) is 0 Å². The molecule has 0 aliphatic carbocycles. The molecule has 1 aromatic rings. The maximum atomic E-state index is 5.81. The maximum Gasteiger partial charge on any atom is 0.0398 e. The third-order valence-corrected chi connectivity index (χ3v) is 4.27. The molecular weight excluding hydrogens is 232 g/mol. The number of nitrogens with two attached hydrogens (primary N) is 1. The summed E-state index contributed by atoms with van der Waals surface area (Å²) in [6, 6.07) is 8.87. The van der Waals surface area contributed by atoms with Gasteiger partial charge < -0.3 is 10.6 Å². The van der Waals surface area contributed by atoms with Gasteiger partial charge in [-0.2, -0.15) is 0 Å². The number of para-hydroxylation sites is 1. The fourth-order valence-corrected chi connectivity index (χ4v) is 2.97. The molecule has 0 radical (unpaired) electrons. The second kappa shape index (κ2) is 5.96. The lowest BCUT2D eigenvalue weighted by molar-refractivity contribution is 0.336. The van der Waals surface area contributed by atoms with E-state index < -0.39 is 0 Å². The van der Waals surface area contributed by atoms with Crippen LogP contribution in [0.1, 0.15) is 39.2 Å². The first kappa shape index (κ1) is 14.4. The van der Waals surface area contributed by atoms with Crippen molar-refractivity contribution in [3.8, 4) is 0 Å². The van der Waals surface area contributed by atoms with E-state index in [9.17, 15) is 0 Å². The van der Waals surface area contributed by atoms with E-state index in [0.29, 0.717) is 0 Å². The van der Waals surface area contributed by atoms with Gasteiger partial charge in [0.1, 0.15) is 0 Å². The highest BCUT2D eigenvalue weighted by Crippen LogP contribution is 2.30. The van der Waals surface area contributed by atoms with Crippen molar-refractivity contribution in [1.82, 2.24) is 0 Å². The van der Waals surface area contributed by atoms with Gasteiger partial charge in [0.2, 0.25) is 0 Å². The van der Waals surface area contributed by atoms with Crippen molar-refractivity contribution in [2.24, 2.45) is 17.1 Å². The molecule has 0 amide bonds. The Morgan fingerprint density at radius 2 is 2.05 bits per heavy atom. The minimum absolute atomic E-state index is 0.279. The van der Waals surface area contributed by atoms with E-state index in [0.717, 1.165) is 19.0 Å². The molecule has 0 fully saturated rings. The van der Waals surface area contributed by atoms with Gasteiger partial charge in [-0.05, 0) is 48.8 Å². The first-order valence-electron chi connectivity index (χ1n) is 7.55. The molecular formula is C17H28N2. The molecule has 1 atom stereocenters. The van der Waals surface area contributed by atoms with E-state index in [-0.39, 0.29) is 5.41 Å². The number of nitrogens with zero attached hydrogens (tertiary/aromatic N) is 1. The van der Waals surface area contributed by atoms with Crippen LogP contribution in [0.3, 0.4) is 0 Å². The second-order valence-electron chi connectivity index (χ2n) is 6.86. The van der Waals surface area contributed by atoms with Gasteiger partial charge in [0.05, 0.1) is 0 Å². The lowest BCUT2D eigenvalue weighted by atomic mass is 9.87. The molecule has 1 aliphatic rings. The highest BCUT2D eigenvalue weighted by atomic mass is 15.1. The molecule has 0 saturated heterocycles. The molecule has 2 N–H and O–H groups in total. The van der Waals surface area contributed by atoms with E-state index in [2.05, 4.69) is 49.9 Å². The van der Waals surface area contributed by atoms with Gasteiger partial charge >= 0.3 is 0 Å². The van der Waals surface area contributed by atoms with Crippen LogP contribution in [0.25, 0.3) is 0 Å². The average molecular weight is 260 g/mol. The van der Waals surface area contributed by atoms with Gasteiger partial charge in [0, 0.05) is 18.8 Å². The molecule has 2 nitrogen and oxygen atoms in total. The molecule has 19 heavy (non-hydrogen) atoms. The number of hydrogen-bond donors (Lipinski definition) is 1.